The molecular weight excluding hydrogens is 202 g/mol. The van der Waals surface area contributed by atoms with Crippen molar-refractivity contribution in [2.45, 2.75) is 26.7 Å². The van der Waals surface area contributed by atoms with Crippen molar-refractivity contribution in [3.8, 4) is 0 Å². The highest BCUT2D eigenvalue weighted by Gasteiger charge is 2.25. The second kappa shape index (κ2) is 5.70. The predicted molar refractivity (Wildman–Crippen MR) is 65.0 cm³/mol. The molecule has 4 heteroatoms. The Kier molecular flexibility index (Phi) is 4.55. The molecule has 0 saturated heterocycles. The number of carbonyl (C=O) groups is 1. The summed E-state index contributed by atoms with van der Waals surface area (Å²) in [5.41, 5.74) is 6.31. The maximum absolute atomic E-state index is 11.8. The zero-order valence-electron chi connectivity index (χ0n) is 10.0. The van der Waals surface area contributed by atoms with Gasteiger partial charge in [0, 0.05) is 24.4 Å². The minimum absolute atomic E-state index is 0.0773. The second-order valence-corrected chi connectivity index (χ2v) is 4.65. The fourth-order valence-electron chi connectivity index (χ4n) is 1.55. The van der Waals surface area contributed by atoms with Crippen molar-refractivity contribution >= 4 is 5.91 Å². The Morgan fingerprint density at radius 1 is 1.56 bits per heavy atom. The van der Waals surface area contributed by atoms with Gasteiger partial charge in [-0.1, -0.05) is 13.8 Å². The van der Waals surface area contributed by atoms with Gasteiger partial charge >= 0.3 is 0 Å². The quantitative estimate of drug-likeness (QED) is 0.674. The van der Waals surface area contributed by atoms with E-state index < -0.39 is 0 Å². The maximum atomic E-state index is 11.8. The van der Waals surface area contributed by atoms with Crippen LogP contribution in [0.2, 0.25) is 0 Å². The molecule has 1 heterocycles. The number of nitrogens with one attached hydrogen (secondary N) is 2. The van der Waals surface area contributed by atoms with E-state index >= 15 is 0 Å². The molecule has 0 aliphatic rings. The van der Waals surface area contributed by atoms with E-state index in [1.54, 1.807) is 0 Å². The van der Waals surface area contributed by atoms with Crippen LogP contribution in [-0.2, 0) is 11.2 Å². The average molecular weight is 223 g/mol. The number of aromatic amines is 1. The number of amides is 1. The molecule has 1 aromatic heterocycles. The van der Waals surface area contributed by atoms with Gasteiger partial charge in [-0.3, -0.25) is 4.79 Å². The smallest absolute Gasteiger partial charge is 0.225 e. The van der Waals surface area contributed by atoms with Crippen molar-refractivity contribution in [1.29, 1.82) is 0 Å². The lowest BCUT2D eigenvalue weighted by Crippen LogP contribution is -2.39. The summed E-state index contributed by atoms with van der Waals surface area (Å²) in [4.78, 5) is 14.8. The third-order valence-corrected chi connectivity index (χ3v) is 2.75. The number of hydrogen-bond donors (Lipinski definition) is 3. The molecule has 0 spiro atoms. The highest BCUT2D eigenvalue weighted by molar-refractivity contribution is 5.81. The van der Waals surface area contributed by atoms with E-state index in [9.17, 15) is 4.79 Å². The molecule has 1 rings (SSSR count). The van der Waals surface area contributed by atoms with Gasteiger partial charge in [0.1, 0.15) is 0 Å². The van der Waals surface area contributed by atoms with Crippen LogP contribution in [0.25, 0.3) is 0 Å². The molecule has 0 aliphatic heterocycles. The summed E-state index contributed by atoms with van der Waals surface area (Å²) in [5, 5.41) is 2.94. The molecule has 0 unspecified atom stereocenters. The molecule has 1 amide bonds. The normalized spacial score (nSPS) is 11.4. The molecule has 16 heavy (non-hydrogen) atoms. The topological polar surface area (TPSA) is 70.9 Å². The van der Waals surface area contributed by atoms with E-state index in [1.807, 2.05) is 32.3 Å². The van der Waals surface area contributed by atoms with Gasteiger partial charge in [0.25, 0.3) is 0 Å². The molecule has 0 radical (unpaired) electrons. The van der Waals surface area contributed by atoms with E-state index in [0.29, 0.717) is 19.5 Å². The number of hydrogen-bond acceptors (Lipinski definition) is 2. The first-order valence-electron chi connectivity index (χ1n) is 5.66. The summed E-state index contributed by atoms with van der Waals surface area (Å²) >= 11 is 0. The fraction of sp³-hybridized carbons (Fsp3) is 0.583. The third kappa shape index (κ3) is 3.70. The van der Waals surface area contributed by atoms with Crippen molar-refractivity contribution in [3.63, 3.8) is 0 Å². The van der Waals surface area contributed by atoms with Crippen LogP contribution in [0, 0.1) is 5.41 Å². The largest absolute Gasteiger partial charge is 0.367 e. The van der Waals surface area contributed by atoms with Crippen LogP contribution in [0.4, 0.5) is 0 Å². The lowest BCUT2D eigenvalue weighted by Gasteiger charge is -2.22. The van der Waals surface area contributed by atoms with Gasteiger partial charge in [0.15, 0.2) is 0 Å². The minimum atomic E-state index is -0.368. The molecule has 90 valence electrons. The first kappa shape index (κ1) is 12.8. The Bertz CT molecular complexity index is 317. The molecule has 0 fully saturated rings. The van der Waals surface area contributed by atoms with Gasteiger partial charge in [-0.2, -0.15) is 0 Å². The molecule has 0 aromatic carbocycles. The van der Waals surface area contributed by atoms with Crippen LogP contribution in [0.3, 0.4) is 0 Å². The molecule has 4 N–H and O–H groups in total. The minimum Gasteiger partial charge on any atom is -0.367 e. The van der Waals surface area contributed by atoms with E-state index in [4.69, 9.17) is 5.73 Å². The van der Waals surface area contributed by atoms with Gasteiger partial charge in [0.2, 0.25) is 5.91 Å². The van der Waals surface area contributed by atoms with E-state index in [1.165, 1.54) is 5.56 Å². The lowest BCUT2D eigenvalue weighted by atomic mass is 9.88. The van der Waals surface area contributed by atoms with Crippen LogP contribution in [0.5, 0.6) is 0 Å². The molecule has 0 atom stereocenters. The Morgan fingerprint density at radius 3 is 2.88 bits per heavy atom. The SMILES string of the molecule is CC(C)(CCN)C(=O)NCCc1cc[nH]c1. The standard InChI is InChI=1S/C12H21N3O/c1-12(2,5-6-13)11(16)15-8-4-10-3-7-14-9-10/h3,7,9,14H,4-6,8,13H2,1-2H3,(H,15,16). The Labute approximate surface area is 96.6 Å². The highest BCUT2D eigenvalue weighted by atomic mass is 16.2. The predicted octanol–water partition coefficient (Wildman–Crippen LogP) is 1.05. The Balaban J connectivity index is 2.30. The highest BCUT2D eigenvalue weighted by Crippen LogP contribution is 2.19. The van der Waals surface area contributed by atoms with Gasteiger partial charge < -0.3 is 16.0 Å². The summed E-state index contributed by atoms with van der Waals surface area (Å²) in [6, 6.07) is 2.01. The summed E-state index contributed by atoms with van der Waals surface area (Å²) in [6.07, 6.45) is 5.39. The molecule has 0 aliphatic carbocycles. The summed E-state index contributed by atoms with van der Waals surface area (Å²) in [5.74, 6) is 0.0773. The first-order valence-corrected chi connectivity index (χ1v) is 5.66. The van der Waals surface area contributed by atoms with Gasteiger partial charge in [-0.25, -0.2) is 0 Å². The molecule has 1 aromatic rings. The van der Waals surface area contributed by atoms with Crippen LogP contribution in [0.15, 0.2) is 18.5 Å². The number of H-pyrrole nitrogens is 1. The summed E-state index contributed by atoms with van der Waals surface area (Å²) in [6.45, 7) is 5.06. The summed E-state index contributed by atoms with van der Waals surface area (Å²) < 4.78 is 0. The summed E-state index contributed by atoms with van der Waals surface area (Å²) in [7, 11) is 0. The molecule has 0 saturated carbocycles. The maximum Gasteiger partial charge on any atom is 0.225 e. The van der Waals surface area contributed by atoms with Crippen molar-refractivity contribution in [2.75, 3.05) is 13.1 Å². The van der Waals surface area contributed by atoms with E-state index in [-0.39, 0.29) is 11.3 Å². The van der Waals surface area contributed by atoms with E-state index in [2.05, 4.69) is 10.3 Å². The van der Waals surface area contributed by atoms with Crippen molar-refractivity contribution in [3.05, 3.63) is 24.0 Å². The van der Waals surface area contributed by atoms with Crippen molar-refractivity contribution in [1.82, 2.24) is 10.3 Å². The van der Waals surface area contributed by atoms with Crippen molar-refractivity contribution in [2.24, 2.45) is 11.1 Å². The Morgan fingerprint density at radius 2 is 2.31 bits per heavy atom. The van der Waals surface area contributed by atoms with Crippen LogP contribution >= 0.6 is 0 Å². The van der Waals surface area contributed by atoms with Gasteiger partial charge in [0.05, 0.1) is 0 Å². The lowest BCUT2D eigenvalue weighted by molar-refractivity contribution is -0.129. The monoisotopic (exact) mass is 223 g/mol. The van der Waals surface area contributed by atoms with Crippen LogP contribution in [-0.4, -0.2) is 24.0 Å². The van der Waals surface area contributed by atoms with Gasteiger partial charge in [-0.15, -0.1) is 0 Å². The number of carbonyl (C=O) groups excluding carboxylic acids is 1. The van der Waals surface area contributed by atoms with Crippen LogP contribution < -0.4 is 11.1 Å². The third-order valence-electron chi connectivity index (χ3n) is 2.75. The van der Waals surface area contributed by atoms with Gasteiger partial charge in [-0.05, 0) is 31.0 Å². The number of nitrogens with two attached hydrogens (primary N) is 1. The fourth-order valence-corrected chi connectivity index (χ4v) is 1.55. The molecule has 0 bridgehead atoms. The molecular formula is C12H21N3O. The molecule has 4 nitrogen and oxygen atoms in total. The van der Waals surface area contributed by atoms with E-state index in [0.717, 1.165) is 6.42 Å². The second-order valence-electron chi connectivity index (χ2n) is 4.65. The zero-order valence-corrected chi connectivity index (χ0v) is 10.0. The zero-order chi connectivity index (χ0) is 12.0. The number of aromatic nitrogens is 1. The first-order chi connectivity index (χ1) is 7.56. The Hall–Kier alpha value is -1.29. The average Bonchev–Trinajstić information content (AvgIpc) is 2.70. The number of rotatable bonds is 6. The van der Waals surface area contributed by atoms with Crippen molar-refractivity contribution < 1.29 is 4.79 Å². The van der Waals surface area contributed by atoms with Crippen LogP contribution in [0.1, 0.15) is 25.8 Å².